The Morgan fingerprint density at radius 2 is 2.33 bits per heavy atom. The van der Waals surface area contributed by atoms with Crippen molar-refractivity contribution in [2.24, 2.45) is 0 Å². The summed E-state index contributed by atoms with van der Waals surface area (Å²) in [6.45, 7) is 3.19. The number of hydrogen-bond acceptors (Lipinski definition) is 6. The van der Waals surface area contributed by atoms with Crippen molar-refractivity contribution in [3.8, 4) is 0 Å². The van der Waals surface area contributed by atoms with Gasteiger partial charge in [0.1, 0.15) is 6.04 Å². The van der Waals surface area contributed by atoms with Crippen LogP contribution in [0.2, 0.25) is 0 Å². The molecule has 1 atom stereocenters. The zero-order chi connectivity index (χ0) is 13.1. The topological polar surface area (TPSA) is 98.1 Å². The standard InChI is InChI=1S/C10H15N5O3/c1-6(10(17)18-2)12-9(16)8-5-15(14-13-8)7-3-11-4-7/h5-7,11H,3-4H2,1-2H3,(H,12,16)/t6-/m0/s1. The number of nitrogens with one attached hydrogen (secondary N) is 2. The Hall–Kier alpha value is -1.96. The molecule has 1 aliphatic heterocycles. The van der Waals surface area contributed by atoms with Gasteiger partial charge in [0.2, 0.25) is 0 Å². The molecule has 0 radical (unpaired) electrons. The van der Waals surface area contributed by atoms with E-state index < -0.39 is 17.9 Å². The first kappa shape index (κ1) is 12.5. The Labute approximate surface area is 104 Å². The normalized spacial score (nSPS) is 16.8. The van der Waals surface area contributed by atoms with Gasteiger partial charge >= 0.3 is 5.97 Å². The van der Waals surface area contributed by atoms with E-state index in [1.807, 2.05) is 0 Å². The van der Waals surface area contributed by atoms with Crippen molar-refractivity contribution < 1.29 is 14.3 Å². The fourth-order valence-corrected chi connectivity index (χ4v) is 1.53. The highest BCUT2D eigenvalue weighted by Crippen LogP contribution is 2.09. The number of nitrogens with zero attached hydrogens (tertiary/aromatic N) is 3. The summed E-state index contributed by atoms with van der Waals surface area (Å²) in [6, 6.07) is -0.463. The minimum absolute atomic E-state index is 0.192. The Kier molecular flexibility index (Phi) is 3.56. The molecular formula is C10H15N5O3. The van der Waals surface area contributed by atoms with Crippen LogP contribution < -0.4 is 10.6 Å². The molecule has 0 aliphatic carbocycles. The summed E-state index contributed by atoms with van der Waals surface area (Å²) in [5.74, 6) is -0.939. The first-order valence-corrected chi connectivity index (χ1v) is 5.63. The maximum atomic E-state index is 11.8. The van der Waals surface area contributed by atoms with Crippen LogP contribution in [0.5, 0.6) is 0 Å². The number of aromatic nitrogens is 3. The number of ether oxygens (including phenoxy) is 1. The monoisotopic (exact) mass is 253 g/mol. The number of rotatable bonds is 4. The van der Waals surface area contributed by atoms with Gasteiger partial charge < -0.3 is 15.4 Å². The van der Waals surface area contributed by atoms with Gasteiger partial charge in [-0.3, -0.25) is 4.79 Å². The predicted molar refractivity (Wildman–Crippen MR) is 60.9 cm³/mol. The maximum Gasteiger partial charge on any atom is 0.328 e. The first-order valence-electron chi connectivity index (χ1n) is 5.63. The number of hydrogen-bond donors (Lipinski definition) is 2. The van der Waals surface area contributed by atoms with E-state index in [9.17, 15) is 9.59 Å². The maximum absolute atomic E-state index is 11.8. The summed E-state index contributed by atoms with van der Waals surface area (Å²) in [4.78, 5) is 22.9. The zero-order valence-electron chi connectivity index (χ0n) is 10.2. The highest BCUT2D eigenvalue weighted by atomic mass is 16.5. The number of carbonyl (C=O) groups is 2. The molecule has 1 aromatic rings. The van der Waals surface area contributed by atoms with Crippen molar-refractivity contribution in [3.63, 3.8) is 0 Å². The van der Waals surface area contributed by atoms with Gasteiger partial charge in [0.05, 0.1) is 19.3 Å². The average Bonchev–Trinajstić information content (AvgIpc) is 2.74. The molecule has 2 rings (SSSR count). The fraction of sp³-hybridized carbons (Fsp3) is 0.600. The van der Waals surface area contributed by atoms with Gasteiger partial charge in [0, 0.05) is 13.1 Å². The summed E-state index contributed by atoms with van der Waals surface area (Å²) < 4.78 is 6.16. The van der Waals surface area contributed by atoms with Crippen LogP contribution in [0, 0.1) is 0 Å². The molecule has 8 heteroatoms. The van der Waals surface area contributed by atoms with Crippen LogP contribution in [-0.4, -0.2) is 53.1 Å². The third kappa shape index (κ3) is 2.48. The van der Waals surface area contributed by atoms with E-state index in [-0.39, 0.29) is 11.7 Å². The van der Waals surface area contributed by atoms with Crippen LogP contribution in [0.3, 0.4) is 0 Å². The van der Waals surface area contributed by atoms with E-state index in [1.165, 1.54) is 7.11 Å². The fourth-order valence-electron chi connectivity index (χ4n) is 1.53. The smallest absolute Gasteiger partial charge is 0.328 e. The van der Waals surface area contributed by atoms with Crippen LogP contribution in [0.4, 0.5) is 0 Å². The summed E-state index contributed by atoms with van der Waals surface area (Å²) in [6.07, 6.45) is 1.57. The SMILES string of the molecule is COC(=O)[C@H](C)NC(=O)c1cn(C2CNC2)nn1. The molecule has 8 nitrogen and oxygen atoms in total. The summed E-state index contributed by atoms with van der Waals surface area (Å²) in [7, 11) is 1.27. The molecule has 2 heterocycles. The van der Waals surface area contributed by atoms with Crippen molar-refractivity contribution in [3.05, 3.63) is 11.9 Å². The lowest BCUT2D eigenvalue weighted by molar-refractivity contribution is -0.142. The van der Waals surface area contributed by atoms with Gasteiger partial charge in [-0.2, -0.15) is 0 Å². The lowest BCUT2D eigenvalue weighted by atomic mass is 10.2. The van der Waals surface area contributed by atoms with Gasteiger partial charge in [-0.1, -0.05) is 5.21 Å². The van der Waals surface area contributed by atoms with Crippen molar-refractivity contribution >= 4 is 11.9 Å². The van der Waals surface area contributed by atoms with Gasteiger partial charge in [-0.25, -0.2) is 9.48 Å². The Morgan fingerprint density at radius 1 is 1.61 bits per heavy atom. The van der Waals surface area contributed by atoms with E-state index in [0.717, 1.165) is 13.1 Å². The Balaban J connectivity index is 1.96. The number of amides is 1. The Morgan fingerprint density at radius 3 is 2.89 bits per heavy atom. The van der Waals surface area contributed by atoms with E-state index >= 15 is 0 Å². The lowest BCUT2D eigenvalue weighted by Crippen LogP contribution is -2.43. The molecule has 0 unspecified atom stereocenters. The zero-order valence-corrected chi connectivity index (χ0v) is 10.2. The van der Waals surface area contributed by atoms with Crippen molar-refractivity contribution in [1.82, 2.24) is 25.6 Å². The minimum atomic E-state index is -0.710. The van der Waals surface area contributed by atoms with Crippen LogP contribution in [0.15, 0.2) is 6.20 Å². The van der Waals surface area contributed by atoms with E-state index in [2.05, 4.69) is 25.7 Å². The number of esters is 1. The van der Waals surface area contributed by atoms with Gasteiger partial charge in [0.25, 0.3) is 5.91 Å². The van der Waals surface area contributed by atoms with Gasteiger partial charge in [-0.05, 0) is 6.92 Å². The quantitative estimate of drug-likeness (QED) is 0.648. The largest absolute Gasteiger partial charge is 0.467 e. The molecule has 0 saturated carbocycles. The van der Waals surface area contributed by atoms with Crippen molar-refractivity contribution in [2.75, 3.05) is 20.2 Å². The number of methoxy groups -OCH3 is 1. The molecule has 1 fully saturated rings. The molecule has 0 spiro atoms. The highest BCUT2D eigenvalue weighted by molar-refractivity contribution is 5.94. The second-order valence-electron chi connectivity index (χ2n) is 4.11. The van der Waals surface area contributed by atoms with Crippen LogP contribution in [0.25, 0.3) is 0 Å². The summed E-state index contributed by atoms with van der Waals surface area (Å²) in [5, 5.41) is 13.3. The second-order valence-corrected chi connectivity index (χ2v) is 4.11. The summed E-state index contributed by atoms with van der Waals surface area (Å²) in [5.41, 5.74) is 0.192. The van der Waals surface area contributed by atoms with E-state index in [0.29, 0.717) is 0 Å². The van der Waals surface area contributed by atoms with Crippen LogP contribution in [0.1, 0.15) is 23.5 Å². The third-order valence-corrected chi connectivity index (χ3v) is 2.78. The first-order chi connectivity index (χ1) is 8.61. The number of carbonyl (C=O) groups excluding carboxylic acids is 2. The third-order valence-electron chi connectivity index (χ3n) is 2.78. The van der Waals surface area contributed by atoms with Crippen LogP contribution in [-0.2, 0) is 9.53 Å². The molecule has 1 saturated heterocycles. The van der Waals surface area contributed by atoms with Gasteiger partial charge in [0.15, 0.2) is 5.69 Å². The molecule has 98 valence electrons. The molecule has 0 aromatic carbocycles. The second kappa shape index (κ2) is 5.13. The molecule has 1 amide bonds. The lowest BCUT2D eigenvalue weighted by Gasteiger charge is -2.26. The van der Waals surface area contributed by atoms with E-state index in [4.69, 9.17) is 0 Å². The molecule has 1 aromatic heterocycles. The molecule has 18 heavy (non-hydrogen) atoms. The van der Waals surface area contributed by atoms with E-state index in [1.54, 1.807) is 17.8 Å². The molecular weight excluding hydrogens is 238 g/mol. The van der Waals surface area contributed by atoms with Gasteiger partial charge in [-0.15, -0.1) is 5.10 Å². The minimum Gasteiger partial charge on any atom is -0.467 e. The van der Waals surface area contributed by atoms with Crippen LogP contribution >= 0.6 is 0 Å². The molecule has 1 aliphatic rings. The van der Waals surface area contributed by atoms with Crippen molar-refractivity contribution in [1.29, 1.82) is 0 Å². The summed E-state index contributed by atoms with van der Waals surface area (Å²) >= 11 is 0. The molecule has 0 bridgehead atoms. The average molecular weight is 253 g/mol. The Bertz CT molecular complexity index is 454. The predicted octanol–water partition coefficient (Wildman–Crippen LogP) is -1.29. The molecule has 2 N–H and O–H groups in total. The van der Waals surface area contributed by atoms with Crippen molar-refractivity contribution in [2.45, 2.75) is 19.0 Å². The highest BCUT2D eigenvalue weighted by Gasteiger charge is 2.23.